The Bertz CT molecular complexity index is 373. The van der Waals surface area contributed by atoms with Gasteiger partial charge in [0.25, 0.3) is 0 Å². The molecule has 1 aromatic heterocycles. The largest absolute Gasteiger partial charge is 0.354 e. The summed E-state index contributed by atoms with van der Waals surface area (Å²) in [6.45, 7) is 6.89. The smallest absolute Gasteiger partial charge is 0.0223 e. The first-order valence-electron chi connectivity index (χ1n) is 7.47. The van der Waals surface area contributed by atoms with Gasteiger partial charge in [0.1, 0.15) is 0 Å². The van der Waals surface area contributed by atoms with Gasteiger partial charge in [0, 0.05) is 37.6 Å². The molecule has 2 aliphatic rings. The van der Waals surface area contributed by atoms with Crippen LogP contribution in [0.25, 0.3) is 0 Å². The third kappa shape index (κ3) is 2.96. The summed E-state index contributed by atoms with van der Waals surface area (Å²) in [6, 6.07) is 3.91. The van der Waals surface area contributed by atoms with Crippen molar-refractivity contribution in [2.75, 3.05) is 13.1 Å². The van der Waals surface area contributed by atoms with E-state index in [1.54, 1.807) is 0 Å². The minimum Gasteiger partial charge on any atom is -0.354 e. The molecule has 0 unspecified atom stereocenters. The molecule has 2 fully saturated rings. The van der Waals surface area contributed by atoms with Crippen LogP contribution in [0, 0.1) is 0 Å². The van der Waals surface area contributed by atoms with Crippen LogP contribution in [0.15, 0.2) is 18.5 Å². The van der Waals surface area contributed by atoms with Crippen LogP contribution in [0.2, 0.25) is 0 Å². The molecule has 1 N–H and O–H groups in total. The van der Waals surface area contributed by atoms with Gasteiger partial charge >= 0.3 is 0 Å². The number of likely N-dealkylation sites (tertiary alicyclic amines) is 1. The molecule has 2 heterocycles. The minimum atomic E-state index is 0.727. The number of aromatic nitrogens is 1. The number of hydrogen-bond donors (Lipinski definition) is 1. The van der Waals surface area contributed by atoms with Crippen LogP contribution in [0.5, 0.6) is 0 Å². The third-order valence-corrected chi connectivity index (χ3v) is 4.36. The number of aryl methyl sites for hydroxylation is 1. The van der Waals surface area contributed by atoms with E-state index in [9.17, 15) is 0 Å². The van der Waals surface area contributed by atoms with Gasteiger partial charge in [0.05, 0.1) is 0 Å². The van der Waals surface area contributed by atoms with Crippen LogP contribution in [0.4, 0.5) is 0 Å². The molecule has 3 rings (SSSR count). The highest BCUT2D eigenvalue weighted by Crippen LogP contribution is 2.29. The Kier molecular flexibility index (Phi) is 3.71. The summed E-state index contributed by atoms with van der Waals surface area (Å²) < 4.78 is 2.24. The highest BCUT2D eigenvalue weighted by Gasteiger charge is 2.31. The van der Waals surface area contributed by atoms with E-state index in [4.69, 9.17) is 0 Å². The van der Waals surface area contributed by atoms with Crippen LogP contribution >= 0.6 is 0 Å². The van der Waals surface area contributed by atoms with Crippen molar-refractivity contribution in [2.45, 2.75) is 57.8 Å². The maximum Gasteiger partial charge on any atom is 0.0223 e. The zero-order valence-corrected chi connectivity index (χ0v) is 11.4. The molecule has 1 aromatic rings. The predicted molar refractivity (Wildman–Crippen MR) is 74.6 cm³/mol. The molecule has 0 bridgehead atoms. The van der Waals surface area contributed by atoms with Crippen molar-refractivity contribution >= 4 is 0 Å². The van der Waals surface area contributed by atoms with Crippen LogP contribution in [0.1, 0.15) is 38.2 Å². The molecule has 0 spiro atoms. The number of nitrogens with zero attached hydrogens (tertiary/aromatic N) is 2. The van der Waals surface area contributed by atoms with Gasteiger partial charge in [-0.05, 0) is 57.3 Å². The molecule has 1 aliphatic carbocycles. The first-order chi connectivity index (χ1) is 8.85. The monoisotopic (exact) mass is 247 g/mol. The van der Waals surface area contributed by atoms with Gasteiger partial charge in [0.15, 0.2) is 0 Å². The van der Waals surface area contributed by atoms with Gasteiger partial charge < -0.3 is 14.8 Å². The van der Waals surface area contributed by atoms with Crippen molar-refractivity contribution in [1.29, 1.82) is 0 Å². The average Bonchev–Trinajstić information content (AvgIpc) is 3.16. The molecular formula is C15H25N3. The molecule has 18 heavy (non-hydrogen) atoms. The SMILES string of the molecule is CCn1ccc(CNC2CCN(C3CC3)CC2)c1. The Morgan fingerprint density at radius 1 is 1.22 bits per heavy atom. The summed E-state index contributed by atoms with van der Waals surface area (Å²) in [4.78, 5) is 2.69. The molecule has 1 saturated carbocycles. The maximum atomic E-state index is 3.72. The molecule has 1 saturated heterocycles. The second-order valence-corrected chi connectivity index (χ2v) is 5.77. The van der Waals surface area contributed by atoms with Gasteiger partial charge in [-0.15, -0.1) is 0 Å². The van der Waals surface area contributed by atoms with Crippen molar-refractivity contribution in [3.05, 3.63) is 24.0 Å². The zero-order valence-electron chi connectivity index (χ0n) is 11.4. The summed E-state index contributed by atoms with van der Waals surface area (Å²) in [5, 5.41) is 3.72. The Balaban J connectivity index is 1.41. The Morgan fingerprint density at radius 2 is 2.00 bits per heavy atom. The number of hydrogen-bond acceptors (Lipinski definition) is 2. The fourth-order valence-corrected chi connectivity index (χ4v) is 2.96. The standard InChI is InChI=1S/C15H25N3/c1-2-17-8-5-13(12-17)11-16-14-6-9-18(10-7-14)15-3-4-15/h5,8,12,14-16H,2-4,6-7,9-11H2,1H3. The molecule has 1 aliphatic heterocycles. The van der Waals surface area contributed by atoms with Gasteiger partial charge in [-0.3, -0.25) is 0 Å². The molecule has 3 heteroatoms. The van der Waals surface area contributed by atoms with Gasteiger partial charge in [-0.1, -0.05) is 0 Å². The van der Waals surface area contributed by atoms with E-state index in [0.29, 0.717) is 0 Å². The lowest BCUT2D eigenvalue weighted by molar-refractivity contribution is 0.189. The summed E-state index contributed by atoms with van der Waals surface area (Å²) >= 11 is 0. The van der Waals surface area contributed by atoms with Crippen LogP contribution in [0.3, 0.4) is 0 Å². The number of piperidine rings is 1. The normalized spacial score (nSPS) is 22.5. The summed E-state index contributed by atoms with van der Waals surface area (Å²) in [5.74, 6) is 0. The Hall–Kier alpha value is -0.800. The Morgan fingerprint density at radius 3 is 2.61 bits per heavy atom. The van der Waals surface area contributed by atoms with E-state index >= 15 is 0 Å². The summed E-state index contributed by atoms with van der Waals surface area (Å²) in [5.41, 5.74) is 1.42. The van der Waals surface area contributed by atoms with Crippen molar-refractivity contribution < 1.29 is 0 Å². The minimum absolute atomic E-state index is 0.727. The molecule has 0 amide bonds. The van der Waals surface area contributed by atoms with E-state index in [0.717, 1.165) is 25.2 Å². The van der Waals surface area contributed by atoms with Gasteiger partial charge in [-0.25, -0.2) is 0 Å². The zero-order chi connectivity index (χ0) is 12.4. The first kappa shape index (κ1) is 12.2. The van der Waals surface area contributed by atoms with Crippen molar-refractivity contribution in [2.24, 2.45) is 0 Å². The highest BCUT2D eigenvalue weighted by atomic mass is 15.2. The second-order valence-electron chi connectivity index (χ2n) is 5.77. The van der Waals surface area contributed by atoms with Crippen molar-refractivity contribution in [3.63, 3.8) is 0 Å². The van der Waals surface area contributed by atoms with Crippen LogP contribution in [-0.2, 0) is 13.1 Å². The summed E-state index contributed by atoms with van der Waals surface area (Å²) in [6.07, 6.45) is 9.97. The molecule has 0 radical (unpaired) electrons. The molecule has 0 aromatic carbocycles. The van der Waals surface area contributed by atoms with E-state index in [1.165, 1.54) is 44.3 Å². The van der Waals surface area contributed by atoms with Crippen molar-refractivity contribution in [1.82, 2.24) is 14.8 Å². The number of rotatable bonds is 5. The van der Waals surface area contributed by atoms with Crippen molar-refractivity contribution in [3.8, 4) is 0 Å². The molecular weight excluding hydrogens is 222 g/mol. The average molecular weight is 247 g/mol. The predicted octanol–water partition coefficient (Wildman–Crippen LogP) is 2.22. The van der Waals surface area contributed by atoms with E-state index in [2.05, 4.69) is 40.2 Å². The number of nitrogens with one attached hydrogen (secondary N) is 1. The van der Waals surface area contributed by atoms with Crippen LogP contribution < -0.4 is 5.32 Å². The quantitative estimate of drug-likeness (QED) is 0.861. The molecule has 3 nitrogen and oxygen atoms in total. The fourth-order valence-electron chi connectivity index (χ4n) is 2.96. The van der Waals surface area contributed by atoms with Gasteiger partial charge in [0.2, 0.25) is 0 Å². The lowest BCUT2D eigenvalue weighted by Gasteiger charge is -2.32. The lowest BCUT2D eigenvalue weighted by atomic mass is 10.0. The fraction of sp³-hybridized carbons (Fsp3) is 0.733. The Labute approximate surface area is 110 Å². The van der Waals surface area contributed by atoms with Gasteiger partial charge in [-0.2, -0.15) is 0 Å². The van der Waals surface area contributed by atoms with Crippen LogP contribution in [-0.4, -0.2) is 34.6 Å². The molecule has 100 valence electrons. The molecule has 0 atom stereocenters. The second kappa shape index (κ2) is 5.45. The lowest BCUT2D eigenvalue weighted by Crippen LogP contribution is -2.43. The summed E-state index contributed by atoms with van der Waals surface area (Å²) in [7, 11) is 0. The van der Waals surface area contributed by atoms with E-state index in [-0.39, 0.29) is 0 Å². The maximum absolute atomic E-state index is 3.72. The topological polar surface area (TPSA) is 20.2 Å². The van der Waals surface area contributed by atoms with E-state index < -0.39 is 0 Å². The van der Waals surface area contributed by atoms with E-state index in [1.807, 2.05) is 0 Å². The first-order valence-corrected chi connectivity index (χ1v) is 7.47. The third-order valence-electron chi connectivity index (χ3n) is 4.36. The highest BCUT2D eigenvalue weighted by molar-refractivity contribution is 5.10.